The average molecular weight is 493 g/mol. The van der Waals surface area contributed by atoms with Crippen LogP contribution in [-0.2, 0) is 24.2 Å². The highest BCUT2D eigenvalue weighted by Gasteiger charge is 2.38. The highest BCUT2D eigenvalue weighted by Crippen LogP contribution is 2.33. The number of ether oxygens (including phenoxy) is 1. The lowest BCUT2D eigenvalue weighted by atomic mass is 9.87. The van der Waals surface area contributed by atoms with Crippen molar-refractivity contribution in [2.24, 2.45) is 0 Å². The maximum Gasteiger partial charge on any atom is 0.330 e. The number of carboxylic acid groups (broad SMARTS) is 1. The number of methoxy groups -OCH3 is 1. The lowest BCUT2D eigenvalue weighted by Gasteiger charge is -2.38. The lowest BCUT2D eigenvalue weighted by Crippen LogP contribution is -2.52. The van der Waals surface area contributed by atoms with Crippen LogP contribution >= 0.6 is 0 Å². The number of benzene rings is 4. The van der Waals surface area contributed by atoms with Gasteiger partial charge in [0.25, 0.3) is 0 Å². The van der Waals surface area contributed by atoms with Gasteiger partial charge in [0, 0.05) is 13.0 Å². The number of rotatable bonds is 6. The molecule has 0 bridgehead atoms. The zero-order valence-electron chi connectivity index (χ0n) is 20.6. The van der Waals surface area contributed by atoms with E-state index in [1.165, 1.54) is 4.90 Å². The van der Waals surface area contributed by atoms with Crippen molar-refractivity contribution >= 4 is 23.4 Å². The van der Waals surface area contributed by atoms with Gasteiger partial charge in [-0.1, -0.05) is 66.7 Å². The summed E-state index contributed by atoms with van der Waals surface area (Å²) in [5.41, 5.74) is 5.52. The van der Waals surface area contributed by atoms with Crippen molar-refractivity contribution in [1.82, 2.24) is 4.90 Å². The highest BCUT2D eigenvalue weighted by atomic mass is 16.5. The molecule has 0 fully saturated rings. The summed E-state index contributed by atoms with van der Waals surface area (Å²) in [6, 6.07) is 31.2. The Morgan fingerprint density at radius 3 is 2.05 bits per heavy atom. The molecule has 0 aromatic heterocycles. The number of carboxylic acids is 1. The number of aliphatic carboxylic acids is 1. The second-order valence-corrected chi connectivity index (χ2v) is 9.05. The standard InChI is InChI=1S/C31H28N2O4/c1-37-27-17-15-22(16-18-27)19-23-9-8-10-24-21-32(29(30(34)35)20-28(23)24)31(36)33(25-11-4-2-5-12-25)26-13-6-3-7-14-26/h2-18,29H,19-21H2,1H3,(H,34,35). The predicted octanol–water partition coefficient (Wildman–Crippen LogP) is 6.06. The van der Waals surface area contributed by atoms with Gasteiger partial charge >= 0.3 is 12.0 Å². The number of carbonyl (C=O) groups is 2. The molecule has 4 aromatic rings. The third-order valence-corrected chi connectivity index (χ3v) is 6.79. The van der Waals surface area contributed by atoms with E-state index in [1.807, 2.05) is 103 Å². The van der Waals surface area contributed by atoms with Crippen LogP contribution in [0.2, 0.25) is 0 Å². The molecule has 37 heavy (non-hydrogen) atoms. The maximum atomic E-state index is 14.0. The van der Waals surface area contributed by atoms with Crippen LogP contribution in [0.1, 0.15) is 22.3 Å². The first-order valence-electron chi connectivity index (χ1n) is 12.2. The summed E-state index contributed by atoms with van der Waals surface area (Å²) in [7, 11) is 1.64. The molecule has 1 atom stereocenters. The van der Waals surface area contributed by atoms with Crippen LogP contribution < -0.4 is 9.64 Å². The van der Waals surface area contributed by atoms with Gasteiger partial charge in [0.1, 0.15) is 11.8 Å². The van der Waals surface area contributed by atoms with E-state index in [-0.39, 0.29) is 19.0 Å². The van der Waals surface area contributed by atoms with Gasteiger partial charge in [0.05, 0.1) is 18.5 Å². The van der Waals surface area contributed by atoms with E-state index in [1.54, 1.807) is 12.0 Å². The van der Waals surface area contributed by atoms with E-state index in [4.69, 9.17) is 4.74 Å². The van der Waals surface area contributed by atoms with Crippen molar-refractivity contribution in [3.05, 3.63) is 125 Å². The predicted molar refractivity (Wildman–Crippen MR) is 143 cm³/mol. The average Bonchev–Trinajstić information content (AvgIpc) is 2.94. The SMILES string of the molecule is COc1ccc(Cc2cccc3c2CC(C(=O)O)N(C(=O)N(c2ccccc2)c2ccccc2)C3)cc1. The molecule has 0 spiro atoms. The largest absolute Gasteiger partial charge is 0.497 e. The first-order chi connectivity index (χ1) is 18.0. The number of hydrogen-bond donors (Lipinski definition) is 1. The van der Waals surface area contributed by atoms with Crippen molar-refractivity contribution in [2.45, 2.75) is 25.4 Å². The summed E-state index contributed by atoms with van der Waals surface area (Å²) < 4.78 is 5.26. The van der Waals surface area contributed by atoms with Crippen LogP contribution in [0.15, 0.2) is 103 Å². The van der Waals surface area contributed by atoms with Gasteiger partial charge < -0.3 is 14.7 Å². The molecular formula is C31H28N2O4. The third-order valence-electron chi connectivity index (χ3n) is 6.79. The Hall–Kier alpha value is -4.58. The number of amides is 2. The molecule has 1 aliphatic heterocycles. The Labute approximate surface area is 216 Å². The smallest absolute Gasteiger partial charge is 0.330 e. The fraction of sp³-hybridized carbons (Fsp3) is 0.161. The quantitative estimate of drug-likeness (QED) is 0.355. The molecule has 1 aliphatic rings. The third kappa shape index (κ3) is 5.05. The minimum Gasteiger partial charge on any atom is -0.497 e. The molecule has 4 aromatic carbocycles. The highest BCUT2D eigenvalue weighted by molar-refractivity contribution is 6.01. The molecule has 6 heteroatoms. The number of fused-ring (bicyclic) bond motifs is 1. The Balaban J connectivity index is 1.49. The van der Waals surface area contributed by atoms with Crippen molar-refractivity contribution < 1.29 is 19.4 Å². The summed E-state index contributed by atoms with van der Waals surface area (Å²) in [6.45, 7) is 0.220. The van der Waals surface area contributed by atoms with Crippen molar-refractivity contribution in [1.29, 1.82) is 0 Å². The number of anilines is 2. The molecule has 0 saturated carbocycles. The molecule has 5 rings (SSSR count). The Kier molecular flexibility index (Phi) is 6.90. The molecule has 6 nitrogen and oxygen atoms in total. The van der Waals surface area contributed by atoms with E-state index in [9.17, 15) is 14.7 Å². The molecule has 0 aliphatic carbocycles. The van der Waals surface area contributed by atoms with Crippen LogP contribution in [0.5, 0.6) is 5.75 Å². The lowest BCUT2D eigenvalue weighted by molar-refractivity contribution is -0.142. The summed E-state index contributed by atoms with van der Waals surface area (Å²) >= 11 is 0. The topological polar surface area (TPSA) is 70.1 Å². The molecule has 1 heterocycles. The number of hydrogen-bond acceptors (Lipinski definition) is 3. The van der Waals surface area contributed by atoms with Crippen molar-refractivity contribution in [3.63, 3.8) is 0 Å². The Bertz CT molecular complexity index is 1350. The molecule has 0 radical (unpaired) electrons. The first kappa shape index (κ1) is 24.1. The van der Waals surface area contributed by atoms with Gasteiger partial charge in [0.2, 0.25) is 0 Å². The fourth-order valence-corrected chi connectivity index (χ4v) is 4.90. The molecular weight excluding hydrogens is 464 g/mol. The van der Waals surface area contributed by atoms with E-state index in [0.29, 0.717) is 17.8 Å². The maximum absolute atomic E-state index is 14.0. The fourth-order valence-electron chi connectivity index (χ4n) is 4.90. The Morgan fingerprint density at radius 1 is 0.865 bits per heavy atom. The van der Waals surface area contributed by atoms with Gasteiger partial charge in [-0.3, -0.25) is 4.90 Å². The van der Waals surface area contributed by atoms with Crippen LogP contribution in [0.3, 0.4) is 0 Å². The summed E-state index contributed by atoms with van der Waals surface area (Å²) in [4.78, 5) is 29.6. The number of para-hydroxylation sites is 2. The number of carbonyl (C=O) groups excluding carboxylic acids is 1. The summed E-state index contributed by atoms with van der Waals surface area (Å²) in [6.07, 6.45) is 0.924. The van der Waals surface area contributed by atoms with Gasteiger partial charge in [-0.2, -0.15) is 0 Å². The molecule has 1 unspecified atom stereocenters. The Morgan fingerprint density at radius 2 is 1.49 bits per heavy atom. The second kappa shape index (κ2) is 10.6. The van der Waals surface area contributed by atoms with E-state index < -0.39 is 12.0 Å². The monoisotopic (exact) mass is 492 g/mol. The van der Waals surface area contributed by atoms with Crippen LogP contribution in [0.25, 0.3) is 0 Å². The van der Waals surface area contributed by atoms with Crippen molar-refractivity contribution in [2.75, 3.05) is 12.0 Å². The van der Waals surface area contributed by atoms with Gasteiger partial charge in [0.15, 0.2) is 0 Å². The minimum atomic E-state index is -1.01. The normalized spacial score (nSPS) is 14.5. The van der Waals surface area contributed by atoms with E-state index in [0.717, 1.165) is 28.0 Å². The molecule has 2 amide bonds. The first-order valence-corrected chi connectivity index (χ1v) is 12.2. The van der Waals surface area contributed by atoms with E-state index >= 15 is 0 Å². The van der Waals surface area contributed by atoms with Gasteiger partial charge in [-0.05, 0) is 65.1 Å². The second-order valence-electron chi connectivity index (χ2n) is 9.05. The summed E-state index contributed by atoms with van der Waals surface area (Å²) in [5.74, 6) is -0.223. The summed E-state index contributed by atoms with van der Waals surface area (Å²) in [5, 5.41) is 10.2. The van der Waals surface area contributed by atoms with Gasteiger partial charge in [-0.15, -0.1) is 0 Å². The van der Waals surface area contributed by atoms with Gasteiger partial charge in [-0.25, -0.2) is 9.59 Å². The zero-order chi connectivity index (χ0) is 25.8. The van der Waals surface area contributed by atoms with Crippen LogP contribution in [0.4, 0.5) is 16.2 Å². The minimum absolute atomic E-state index is 0.220. The van der Waals surface area contributed by atoms with Crippen LogP contribution in [-0.4, -0.2) is 35.2 Å². The zero-order valence-corrected chi connectivity index (χ0v) is 20.6. The molecule has 1 N–H and O–H groups in total. The van der Waals surface area contributed by atoms with E-state index in [2.05, 4.69) is 0 Å². The molecule has 0 saturated heterocycles. The molecule has 186 valence electrons. The van der Waals surface area contributed by atoms with Crippen LogP contribution in [0, 0.1) is 0 Å². The van der Waals surface area contributed by atoms with Crippen molar-refractivity contribution in [3.8, 4) is 5.75 Å². The number of urea groups is 1. The number of nitrogens with zero attached hydrogens (tertiary/aromatic N) is 2.